The van der Waals surface area contributed by atoms with Gasteiger partial charge in [0.2, 0.25) is 5.91 Å². The van der Waals surface area contributed by atoms with E-state index in [0.717, 1.165) is 23.7 Å². The highest BCUT2D eigenvalue weighted by Crippen LogP contribution is 2.38. The number of nitrogens with one attached hydrogen (secondary N) is 1. The number of amides is 1. The average molecular weight is 337 g/mol. The molecule has 2 rings (SSSR count). The van der Waals surface area contributed by atoms with Crippen LogP contribution in [-0.4, -0.2) is 13.0 Å². The van der Waals surface area contributed by atoms with Crippen LogP contribution in [-0.2, 0) is 4.79 Å². The van der Waals surface area contributed by atoms with Gasteiger partial charge in [-0.25, -0.2) is 0 Å². The Morgan fingerprint density at radius 3 is 2.70 bits per heavy atom. The Balaban J connectivity index is 2.23. The first-order valence-corrected chi connectivity index (χ1v) is 7.47. The second-order valence-electron chi connectivity index (χ2n) is 5.05. The number of nitrogens with zero attached hydrogens (tertiary/aromatic N) is 1. The Morgan fingerprint density at radius 2 is 2.10 bits per heavy atom. The van der Waals surface area contributed by atoms with Crippen LogP contribution in [0, 0.1) is 16.7 Å². The third kappa shape index (κ3) is 2.96. The number of carbonyl (C=O) groups excluding carboxylic acids is 1. The number of carbonyl (C=O) groups is 1. The van der Waals surface area contributed by atoms with E-state index in [2.05, 4.69) is 27.3 Å². The summed E-state index contributed by atoms with van der Waals surface area (Å²) in [5.74, 6) is 0.363. The minimum absolute atomic E-state index is 0.226. The van der Waals surface area contributed by atoms with Crippen molar-refractivity contribution in [2.75, 3.05) is 12.4 Å². The van der Waals surface area contributed by atoms with Gasteiger partial charge in [0.1, 0.15) is 11.2 Å². The zero-order valence-corrected chi connectivity index (χ0v) is 13.0. The van der Waals surface area contributed by atoms with Crippen LogP contribution in [0.3, 0.4) is 0 Å². The molecule has 20 heavy (non-hydrogen) atoms. The zero-order valence-electron chi connectivity index (χ0n) is 11.4. The molecule has 0 bridgehead atoms. The average Bonchev–Trinajstić information content (AvgIpc) is 2.48. The molecule has 1 aromatic carbocycles. The van der Waals surface area contributed by atoms with Crippen LogP contribution in [0.1, 0.15) is 32.1 Å². The Morgan fingerprint density at radius 1 is 1.40 bits per heavy atom. The molecule has 1 fully saturated rings. The first-order valence-electron chi connectivity index (χ1n) is 6.67. The molecule has 4 nitrogen and oxygen atoms in total. The lowest BCUT2D eigenvalue weighted by molar-refractivity contribution is -0.124. The number of halogens is 1. The quantitative estimate of drug-likeness (QED) is 0.911. The molecule has 0 saturated heterocycles. The first-order chi connectivity index (χ1) is 9.61. The molecule has 0 heterocycles. The number of benzene rings is 1. The van der Waals surface area contributed by atoms with Crippen LogP contribution in [0.4, 0.5) is 5.69 Å². The van der Waals surface area contributed by atoms with Gasteiger partial charge in [0, 0.05) is 4.47 Å². The number of anilines is 1. The van der Waals surface area contributed by atoms with Crippen LogP contribution < -0.4 is 10.1 Å². The molecule has 0 aliphatic heterocycles. The number of nitriles is 1. The fourth-order valence-electron chi connectivity index (χ4n) is 2.56. The highest BCUT2D eigenvalue weighted by Gasteiger charge is 2.40. The highest BCUT2D eigenvalue weighted by atomic mass is 79.9. The van der Waals surface area contributed by atoms with Crippen molar-refractivity contribution in [2.45, 2.75) is 32.1 Å². The van der Waals surface area contributed by atoms with Crippen LogP contribution in [0.25, 0.3) is 0 Å². The maximum atomic E-state index is 12.5. The number of methoxy groups -OCH3 is 1. The second kappa shape index (κ2) is 6.27. The van der Waals surface area contributed by atoms with Crippen molar-refractivity contribution in [3.05, 3.63) is 22.7 Å². The molecule has 0 aromatic heterocycles. The number of rotatable bonds is 3. The summed E-state index contributed by atoms with van der Waals surface area (Å²) in [4.78, 5) is 12.5. The van der Waals surface area contributed by atoms with Gasteiger partial charge in [0.25, 0.3) is 0 Å². The lowest BCUT2D eigenvalue weighted by Crippen LogP contribution is -2.36. The second-order valence-corrected chi connectivity index (χ2v) is 5.97. The Bertz CT molecular complexity index is 545. The van der Waals surface area contributed by atoms with E-state index in [1.54, 1.807) is 19.2 Å². The lowest BCUT2D eigenvalue weighted by atomic mass is 9.74. The predicted octanol–water partition coefficient (Wildman–Crippen LogP) is 3.87. The summed E-state index contributed by atoms with van der Waals surface area (Å²) >= 11 is 3.37. The maximum Gasteiger partial charge on any atom is 0.244 e. The summed E-state index contributed by atoms with van der Waals surface area (Å²) in [5, 5.41) is 12.3. The van der Waals surface area contributed by atoms with Crippen LogP contribution in [0.5, 0.6) is 5.75 Å². The molecule has 0 radical (unpaired) electrons. The molecule has 106 valence electrons. The normalized spacial score (nSPS) is 17.1. The molecule has 1 aromatic rings. The third-order valence-corrected chi connectivity index (χ3v) is 4.26. The minimum atomic E-state index is -0.897. The standard InChI is InChI=1S/C15H17BrN2O2/c1-20-13-6-5-11(16)9-12(13)18-14(19)15(10-17)7-3-2-4-8-15/h5-6,9H,2-4,7-8H2,1H3,(H,18,19). The van der Waals surface area contributed by atoms with Crippen molar-refractivity contribution in [1.29, 1.82) is 5.26 Å². The molecule has 1 aliphatic carbocycles. The molecular weight excluding hydrogens is 320 g/mol. The summed E-state index contributed by atoms with van der Waals surface area (Å²) in [6.07, 6.45) is 4.21. The van der Waals surface area contributed by atoms with Gasteiger partial charge < -0.3 is 10.1 Å². The SMILES string of the molecule is COc1ccc(Br)cc1NC(=O)C1(C#N)CCCCC1. The summed E-state index contributed by atoms with van der Waals surface area (Å²) in [7, 11) is 1.56. The van der Waals surface area contributed by atoms with Gasteiger partial charge in [-0.3, -0.25) is 4.79 Å². The fraction of sp³-hybridized carbons (Fsp3) is 0.467. The molecule has 1 saturated carbocycles. The van der Waals surface area contributed by atoms with Crippen LogP contribution >= 0.6 is 15.9 Å². The maximum absolute atomic E-state index is 12.5. The van der Waals surface area contributed by atoms with E-state index in [-0.39, 0.29) is 5.91 Å². The Hall–Kier alpha value is -1.54. The van der Waals surface area contributed by atoms with Gasteiger partial charge in [0.15, 0.2) is 0 Å². The third-order valence-electron chi connectivity index (χ3n) is 3.77. The highest BCUT2D eigenvalue weighted by molar-refractivity contribution is 9.10. The smallest absolute Gasteiger partial charge is 0.244 e. The van der Waals surface area contributed by atoms with Crippen LogP contribution in [0.2, 0.25) is 0 Å². The molecule has 5 heteroatoms. The summed E-state index contributed by atoms with van der Waals surface area (Å²) in [5.41, 5.74) is -0.307. The predicted molar refractivity (Wildman–Crippen MR) is 80.5 cm³/mol. The van der Waals surface area contributed by atoms with Gasteiger partial charge in [-0.1, -0.05) is 35.2 Å². The Kier molecular flexibility index (Phi) is 4.66. The van der Waals surface area contributed by atoms with E-state index in [0.29, 0.717) is 24.3 Å². The number of hydrogen-bond acceptors (Lipinski definition) is 3. The molecule has 0 spiro atoms. The van der Waals surface area contributed by atoms with E-state index < -0.39 is 5.41 Å². The largest absolute Gasteiger partial charge is 0.495 e. The molecule has 0 atom stereocenters. The van der Waals surface area contributed by atoms with Crippen molar-refractivity contribution < 1.29 is 9.53 Å². The van der Waals surface area contributed by atoms with Gasteiger partial charge in [-0.15, -0.1) is 0 Å². The van der Waals surface area contributed by atoms with E-state index in [9.17, 15) is 10.1 Å². The molecule has 1 N–H and O–H groups in total. The molecule has 0 unspecified atom stereocenters. The Labute approximate surface area is 127 Å². The van der Waals surface area contributed by atoms with Gasteiger partial charge in [-0.2, -0.15) is 5.26 Å². The van der Waals surface area contributed by atoms with Crippen molar-refractivity contribution in [2.24, 2.45) is 5.41 Å². The summed E-state index contributed by atoms with van der Waals surface area (Å²) < 4.78 is 6.09. The van der Waals surface area contributed by atoms with Crippen LogP contribution in [0.15, 0.2) is 22.7 Å². The van der Waals surface area contributed by atoms with Crippen molar-refractivity contribution in [3.63, 3.8) is 0 Å². The van der Waals surface area contributed by atoms with Gasteiger partial charge >= 0.3 is 0 Å². The first kappa shape index (κ1) is 14.9. The van der Waals surface area contributed by atoms with E-state index >= 15 is 0 Å². The molecule has 1 amide bonds. The molecular formula is C15H17BrN2O2. The van der Waals surface area contributed by atoms with E-state index in [1.807, 2.05) is 6.07 Å². The molecule has 1 aliphatic rings. The summed E-state index contributed by atoms with van der Waals surface area (Å²) in [6, 6.07) is 7.63. The van der Waals surface area contributed by atoms with Crippen molar-refractivity contribution in [1.82, 2.24) is 0 Å². The monoisotopic (exact) mass is 336 g/mol. The van der Waals surface area contributed by atoms with Gasteiger partial charge in [-0.05, 0) is 31.0 Å². The van der Waals surface area contributed by atoms with Crippen molar-refractivity contribution >= 4 is 27.5 Å². The summed E-state index contributed by atoms with van der Waals surface area (Å²) in [6.45, 7) is 0. The topological polar surface area (TPSA) is 62.1 Å². The number of hydrogen-bond donors (Lipinski definition) is 1. The zero-order chi connectivity index (χ0) is 14.6. The van der Waals surface area contributed by atoms with Gasteiger partial charge in [0.05, 0.1) is 18.9 Å². The van der Waals surface area contributed by atoms with E-state index in [4.69, 9.17) is 4.74 Å². The van der Waals surface area contributed by atoms with E-state index in [1.165, 1.54) is 0 Å². The minimum Gasteiger partial charge on any atom is -0.495 e. The van der Waals surface area contributed by atoms with Crippen molar-refractivity contribution in [3.8, 4) is 11.8 Å². The fourth-order valence-corrected chi connectivity index (χ4v) is 2.93. The lowest BCUT2D eigenvalue weighted by Gasteiger charge is -2.29. The number of ether oxygens (including phenoxy) is 1.